The van der Waals surface area contributed by atoms with Gasteiger partial charge in [0.1, 0.15) is 0 Å². The second-order valence-corrected chi connectivity index (χ2v) is 5.81. The van der Waals surface area contributed by atoms with Gasteiger partial charge in [0.25, 0.3) is 0 Å². The molecule has 1 rings (SSSR count). The van der Waals surface area contributed by atoms with E-state index in [9.17, 15) is 4.79 Å². The molecule has 0 aliphatic rings. The van der Waals surface area contributed by atoms with Crippen LogP contribution in [0.3, 0.4) is 0 Å². The molecule has 1 aromatic heterocycles. The number of halogens is 1. The molecule has 0 saturated heterocycles. The van der Waals surface area contributed by atoms with E-state index in [1.165, 1.54) is 11.3 Å². The van der Waals surface area contributed by atoms with Crippen molar-refractivity contribution < 1.29 is 4.79 Å². The second kappa shape index (κ2) is 6.18. The minimum absolute atomic E-state index is 0.272. The largest absolute Gasteiger partial charge is 0.369 e. The zero-order valence-corrected chi connectivity index (χ0v) is 11.0. The van der Waals surface area contributed by atoms with Gasteiger partial charge in [-0.3, -0.25) is 9.69 Å². The van der Waals surface area contributed by atoms with Crippen LogP contribution in [0.5, 0.6) is 0 Å². The van der Waals surface area contributed by atoms with E-state index in [1.807, 2.05) is 4.90 Å². The zero-order chi connectivity index (χ0) is 12.1. The first kappa shape index (κ1) is 13.4. The molecular weight excluding hydrogens is 246 g/mol. The van der Waals surface area contributed by atoms with Gasteiger partial charge >= 0.3 is 0 Å². The summed E-state index contributed by atoms with van der Waals surface area (Å²) in [7, 11) is 0. The summed E-state index contributed by atoms with van der Waals surface area (Å²) in [6, 6.07) is 0. The van der Waals surface area contributed by atoms with Crippen molar-refractivity contribution in [1.29, 1.82) is 0 Å². The lowest BCUT2D eigenvalue weighted by molar-refractivity contribution is -0.119. The van der Waals surface area contributed by atoms with E-state index in [0.29, 0.717) is 16.9 Å². The minimum atomic E-state index is -0.309. The highest BCUT2D eigenvalue weighted by atomic mass is 35.5. The number of nitrogens with two attached hydrogens (primary N) is 1. The average Bonchev–Trinajstić information content (AvgIpc) is 2.48. The summed E-state index contributed by atoms with van der Waals surface area (Å²) in [5, 5.41) is 0. The highest BCUT2D eigenvalue weighted by Crippen LogP contribution is 2.19. The summed E-state index contributed by atoms with van der Waals surface area (Å²) in [4.78, 5) is 18.0. The summed E-state index contributed by atoms with van der Waals surface area (Å²) in [5.41, 5.74) is 5.21. The van der Waals surface area contributed by atoms with E-state index < -0.39 is 0 Å². The molecule has 0 aliphatic heterocycles. The lowest BCUT2D eigenvalue weighted by Gasteiger charge is -2.21. The fraction of sp³-hybridized carbons (Fsp3) is 0.600. The van der Waals surface area contributed by atoms with Gasteiger partial charge in [-0.1, -0.05) is 25.4 Å². The summed E-state index contributed by atoms with van der Waals surface area (Å²) in [5.74, 6) is 0.180. The van der Waals surface area contributed by atoms with Crippen molar-refractivity contribution >= 4 is 28.8 Å². The van der Waals surface area contributed by atoms with Crippen LogP contribution in [0, 0.1) is 5.92 Å². The SMILES string of the molecule is CC(C)CN(CC(N)=O)Cc1cnc(Cl)s1. The molecule has 0 radical (unpaired) electrons. The summed E-state index contributed by atoms with van der Waals surface area (Å²) in [6.07, 6.45) is 1.74. The van der Waals surface area contributed by atoms with E-state index in [4.69, 9.17) is 17.3 Å². The topological polar surface area (TPSA) is 59.2 Å². The normalized spacial score (nSPS) is 11.3. The fourth-order valence-corrected chi connectivity index (χ4v) is 2.52. The standard InChI is InChI=1S/C10H16ClN3OS/c1-7(2)4-14(6-9(12)15)5-8-3-13-10(11)16-8/h3,7H,4-6H2,1-2H3,(H2,12,15). The van der Waals surface area contributed by atoms with E-state index in [2.05, 4.69) is 18.8 Å². The van der Waals surface area contributed by atoms with Crippen molar-refractivity contribution in [3.63, 3.8) is 0 Å². The Hall–Kier alpha value is -0.650. The molecule has 90 valence electrons. The number of aromatic nitrogens is 1. The van der Waals surface area contributed by atoms with E-state index >= 15 is 0 Å². The third kappa shape index (κ3) is 4.92. The van der Waals surface area contributed by atoms with Crippen LogP contribution >= 0.6 is 22.9 Å². The Balaban J connectivity index is 2.58. The number of thiazole rings is 1. The summed E-state index contributed by atoms with van der Waals surface area (Å²) >= 11 is 7.18. The number of nitrogens with zero attached hydrogens (tertiary/aromatic N) is 2. The molecule has 0 aliphatic carbocycles. The van der Waals surface area contributed by atoms with Crippen LogP contribution in [0.2, 0.25) is 4.47 Å². The highest BCUT2D eigenvalue weighted by Gasteiger charge is 2.12. The first-order valence-corrected chi connectivity index (χ1v) is 6.27. The maximum atomic E-state index is 10.9. The number of hydrogen-bond donors (Lipinski definition) is 1. The third-order valence-corrected chi connectivity index (χ3v) is 3.01. The monoisotopic (exact) mass is 261 g/mol. The van der Waals surface area contributed by atoms with Crippen molar-refractivity contribution in [2.75, 3.05) is 13.1 Å². The van der Waals surface area contributed by atoms with Gasteiger partial charge in [-0.05, 0) is 5.92 Å². The van der Waals surface area contributed by atoms with Gasteiger partial charge in [-0.2, -0.15) is 0 Å². The van der Waals surface area contributed by atoms with Gasteiger partial charge in [-0.15, -0.1) is 11.3 Å². The molecule has 0 atom stereocenters. The quantitative estimate of drug-likeness (QED) is 0.849. The Morgan fingerprint density at radius 2 is 2.38 bits per heavy atom. The van der Waals surface area contributed by atoms with Gasteiger partial charge in [0, 0.05) is 24.2 Å². The molecule has 0 spiro atoms. The van der Waals surface area contributed by atoms with Gasteiger partial charge in [0.05, 0.1) is 6.54 Å². The Labute approximate surface area is 104 Å². The van der Waals surface area contributed by atoms with Crippen LogP contribution in [0.25, 0.3) is 0 Å². The van der Waals surface area contributed by atoms with Crippen molar-refractivity contribution in [1.82, 2.24) is 9.88 Å². The van der Waals surface area contributed by atoms with Crippen LogP contribution in [-0.4, -0.2) is 28.9 Å². The number of hydrogen-bond acceptors (Lipinski definition) is 4. The lowest BCUT2D eigenvalue weighted by Crippen LogP contribution is -2.35. The number of rotatable bonds is 6. The second-order valence-electron chi connectivity index (χ2n) is 4.11. The van der Waals surface area contributed by atoms with Gasteiger partial charge < -0.3 is 5.73 Å². The maximum absolute atomic E-state index is 10.9. The molecule has 2 N–H and O–H groups in total. The number of carbonyl (C=O) groups excluding carboxylic acids is 1. The van der Waals surface area contributed by atoms with Crippen molar-refractivity contribution in [3.8, 4) is 0 Å². The Morgan fingerprint density at radius 3 is 2.81 bits per heavy atom. The smallest absolute Gasteiger partial charge is 0.231 e. The molecule has 0 saturated carbocycles. The highest BCUT2D eigenvalue weighted by molar-refractivity contribution is 7.15. The summed E-state index contributed by atoms with van der Waals surface area (Å²) in [6.45, 7) is 5.99. The molecule has 0 bridgehead atoms. The Kier molecular flexibility index (Phi) is 5.18. The maximum Gasteiger partial charge on any atom is 0.231 e. The predicted molar refractivity (Wildman–Crippen MR) is 66.4 cm³/mol. The molecule has 1 heterocycles. The molecule has 1 aromatic rings. The molecule has 4 nitrogen and oxygen atoms in total. The van der Waals surface area contributed by atoms with E-state index in [1.54, 1.807) is 6.20 Å². The molecule has 6 heteroatoms. The number of carbonyl (C=O) groups is 1. The predicted octanol–water partition coefficient (Wildman–Crippen LogP) is 1.74. The van der Waals surface area contributed by atoms with Crippen molar-refractivity contribution in [2.24, 2.45) is 11.7 Å². The number of primary amides is 1. The number of amides is 1. The first-order valence-electron chi connectivity index (χ1n) is 5.08. The first-order chi connectivity index (χ1) is 7.47. The van der Waals surface area contributed by atoms with Crippen LogP contribution in [0.4, 0.5) is 0 Å². The van der Waals surface area contributed by atoms with Crippen LogP contribution in [0.15, 0.2) is 6.20 Å². The molecule has 0 unspecified atom stereocenters. The minimum Gasteiger partial charge on any atom is -0.369 e. The van der Waals surface area contributed by atoms with Gasteiger partial charge in [0.2, 0.25) is 5.91 Å². The fourth-order valence-electron chi connectivity index (χ4n) is 1.50. The summed E-state index contributed by atoms with van der Waals surface area (Å²) < 4.78 is 0.526. The molecule has 0 fully saturated rings. The van der Waals surface area contributed by atoms with Crippen molar-refractivity contribution in [2.45, 2.75) is 20.4 Å². The van der Waals surface area contributed by atoms with Crippen molar-refractivity contribution in [3.05, 3.63) is 15.5 Å². The molecule has 16 heavy (non-hydrogen) atoms. The van der Waals surface area contributed by atoms with E-state index in [-0.39, 0.29) is 12.5 Å². The Morgan fingerprint density at radius 1 is 1.69 bits per heavy atom. The van der Waals surface area contributed by atoms with Gasteiger partial charge in [0.15, 0.2) is 4.47 Å². The Bertz CT molecular complexity index is 354. The zero-order valence-electron chi connectivity index (χ0n) is 9.44. The molecule has 1 amide bonds. The van der Waals surface area contributed by atoms with Gasteiger partial charge in [-0.25, -0.2) is 4.98 Å². The van der Waals surface area contributed by atoms with Crippen LogP contribution in [0.1, 0.15) is 18.7 Å². The average molecular weight is 262 g/mol. The molecule has 0 aromatic carbocycles. The third-order valence-electron chi connectivity index (χ3n) is 1.91. The van der Waals surface area contributed by atoms with Crippen LogP contribution in [-0.2, 0) is 11.3 Å². The lowest BCUT2D eigenvalue weighted by atomic mass is 10.2. The van der Waals surface area contributed by atoms with Crippen LogP contribution < -0.4 is 5.73 Å². The van der Waals surface area contributed by atoms with E-state index in [0.717, 1.165) is 11.4 Å². The molecular formula is C10H16ClN3OS.